The molecule has 0 fully saturated rings. The van der Waals surface area contributed by atoms with Crippen molar-refractivity contribution in [2.45, 2.75) is 0 Å². The highest BCUT2D eigenvalue weighted by Gasteiger charge is 2.21. The van der Waals surface area contributed by atoms with E-state index in [9.17, 15) is 4.57 Å². The number of rotatable bonds is 3. The van der Waals surface area contributed by atoms with Crippen LogP contribution in [0.25, 0.3) is 0 Å². The van der Waals surface area contributed by atoms with Gasteiger partial charge in [0.2, 0.25) is 5.28 Å². The molecule has 0 radical (unpaired) electrons. The minimum absolute atomic E-state index is 0.0175. The van der Waals surface area contributed by atoms with Gasteiger partial charge in [-0.1, -0.05) is 6.08 Å². The maximum Gasteiger partial charge on any atom is 0.224 e. The van der Waals surface area contributed by atoms with Crippen molar-refractivity contribution in [2.24, 2.45) is 11.0 Å². The van der Waals surface area contributed by atoms with Gasteiger partial charge in [-0.2, -0.15) is 10.1 Å². The van der Waals surface area contributed by atoms with Crippen molar-refractivity contribution in [3.05, 3.63) is 27.8 Å². The number of anilines is 1. The van der Waals surface area contributed by atoms with Crippen LogP contribution in [0.4, 0.5) is 5.82 Å². The molecule has 2 heterocycles. The number of halogens is 2. The van der Waals surface area contributed by atoms with Crippen LogP contribution in [-0.2, 0) is 4.57 Å². The van der Waals surface area contributed by atoms with Crippen molar-refractivity contribution in [1.82, 2.24) is 15.4 Å². The van der Waals surface area contributed by atoms with Gasteiger partial charge in [-0.05, 0) is 46.7 Å². The van der Waals surface area contributed by atoms with Crippen molar-refractivity contribution in [1.29, 1.82) is 0 Å². The van der Waals surface area contributed by atoms with Gasteiger partial charge in [0.05, 0.1) is 10.4 Å². The fourth-order valence-corrected chi connectivity index (χ4v) is 2.60. The number of nitrogens with zero attached hydrogens (tertiary/aromatic N) is 3. The van der Waals surface area contributed by atoms with Gasteiger partial charge >= 0.3 is 0 Å². The Morgan fingerprint density at radius 3 is 3.05 bits per heavy atom. The van der Waals surface area contributed by atoms with E-state index in [4.69, 9.17) is 11.6 Å². The average molecular weight is 379 g/mol. The summed E-state index contributed by atoms with van der Waals surface area (Å²) in [7, 11) is -2.19. The van der Waals surface area contributed by atoms with Crippen molar-refractivity contribution in [3.8, 4) is 0 Å². The van der Waals surface area contributed by atoms with Gasteiger partial charge in [-0.15, -0.1) is 0 Å². The lowest BCUT2D eigenvalue weighted by molar-refractivity contribution is 0.587. The van der Waals surface area contributed by atoms with Crippen molar-refractivity contribution < 1.29 is 4.57 Å². The zero-order valence-electron chi connectivity index (χ0n) is 11.0. The van der Waals surface area contributed by atoms with Crippen LogP contribution < -0.4 is 10.7 Å². The molecule has 0 saturated carbocycles. The van der Waals surface area contributed by atoms with Gasteiger partial charge in [0.15, 0.2) is 5.82 Å². The minimum Gasteiger partial charge on any atom is -0.325 e. The molecule has 0 spiro atoms. The molecule has 1 aliphatic heterocycles. The van der Waals surface area contributed by atoms with Crippen LogP contribution in [0.15, 0.2) is 27.7 Å². The van der Waals surface area contributed by atoms with Crippen molar-refractivity contribution in [3.63, 3.8) is 0 Å². The number of amidine groups is 1. The largest absolute Gasteiger partial charge is 0.325 e. The number of nitrogens with one attached hydrogen (secondary N) is 2. The third-order valence-electron chi connectivity index (χ3n) is 2.50. The highest BCUT2D eigenvalue weighted by atomic mass is 79.9. The lowest BCUT2D eigenvalue weighted by atomic mass is 10.1. The van der Waals surface area contributed by atoms with Gasteiger partial charge in [-0.3, -0.25) is 0 Å². The molecule has 1 aliphatic rings. The van der Waals surface area contributed by atoms with Gasteiger partial charge < -0.3 is 15.3 Å². The van der Waals surface area contributed by atoms with Crippen LogP contribution in [0.2, 0.25) is 5.28 Å². The molecule has 1 aromatic rings. The molecule has 1 aromatic heterocycles. The van der Waals surface area contributed by atoms with Gasteiger partial charge in [0.1, 0.15) is 13.0 Å². The van der Waals surface area contributed by atoms with Gasteiger partial charge in [0.25, 0.3) is 0 Å². The Labute approximate surface area is 130 Å². The highest BCUT2D eigenvalue weighted by Crippen LogP contribution is 2.38. The van der Waals surface area contributed by atoms with Crippen LogP contribution in [0, 0.1) is 5.92 Å². The molecule has 0 aliphatic carbocycles. The smallest absolute Gasteiger partial charge is 0.224 e. The van der Waals surface area contributed by atoms with Crippen LogP contribution in [0.3, 0.4) is 0 Å². The Morgan fingerprint density at radius 1 is 1.60 bits per heavy atom. The summed E-state index contributed by atoms with van der Waals surface area (Å²) in [6.45, 7) is 4.09. The molecule has 0 unspecified atom stereocenters. The zero-order chi connectivity index (χ0) is 14.8. The first-order valence-electron chi connectivity index (χ1n) is 5.85. The third kappa shape index (κ3) is 4.30. The Hall–Kier alpha value is -0.910. The number of hydrazone groups is 1. The lowest BCUT2D eigenvalue weighted by Crippen LogP contribution is -2.21. The summed E-state index contributed by atoms with van der Waals surface area (Å²) in [6.07, 6.45) is 3.46. The summed E-state index contributed by atoms with van der Waals surface area (Å²) in [5, 5.41) is 7.43. The first-order chi connectivity index (χ1) is 9.35. The Kier molecular flexibility index (Phi) is 4.83. The molecule has 0 amide bonds. The molecule has 1 atom stereocenters. The van der Waals surface area contributed by atoms with E-state index in [0.29, 0.717) is 22.7 Å². The molecule has 0 saturated heterocycles. The third-order valence-corrected chi connectivity index (χ3v) is 4.15. The number of hydrogen-bond donors (Lipinski definition) is 2. The lowest BCUT2D eigenvalue weighted by Gasteiger charge is -2.11. The molecule has 9 heteroatoms. The topological polar surface area (TPSA) is 79.3 Å². The van der Waals surface area contributed by atoms with E-state index >= 15 is 0 Å². The van der Waals surface area contributed by atoms with Gasteiger partial charge in [-0.25, -0.2) is 4.98 Å². The molecule has 6 nitrogen and oxygen atoms in total. The molecule has 108 valence electrons. The van der Waals surface area contributed by atoms with Gasteiger partial charge in [0, 0.05) is 12.7 Å². The van der Waals surface area contributed by atoms with E-state index in [1.54, 1.807) is 25.3 Å². The SMILES string of the molecule is CP(C)(=O)/C=C/[C@H]1CNN=C1Nc1nc(Cl)ncc1Br. The summed E-state index contributed by atoms with van der Waals surface area (Å²) < 4.78 is 12.4. The minimum atomic E-state index is -2.19. The fourth-order valence-electron chi connectivity index (χ4n) is 1.55. The molecule has 0 aromatic carbocycles. The second-order valence-electron chi connectivity index (χ2n) is 4.70. The first-order valence-corrected chi connectivity index (χ1v) is 9.69. The quantitative estimate of drug-likeness (QED) is 0.624. The maximum atomic E-state index is 11.7. The van der Waals surface area contributed by atoms with Crippen LogP contribution >= 0.6 is 34.7 Å². The fraction of sp³-hybridized carbons (Fsp3) is 0.364. The van der Waals surface area contributed by atoms with E-state index in [1.807, 2.05) is 6.08 Å². The Bertz CT molecular complexity index is 615. The summed E-state index contributed by atoms with van der Waals surface area (Å²) in [6, 6.07) is 0. The zero-order valence-corrected chi connectivity index (χ0v) is 14.2. The second kappa shape index (κ2) is 6.24. The molecule has 2 rings (SSSR count). The monoisotopic (exact) mass is 377 g/mol. The van der Waals surface area contributed by atoms with Crippen molar-refractivity contribution >= 4 is 46.3 Å². The first kappa shape index (κ1) is 15.5. The summed E-state index contributed by atoms with van der Waals surface area (Å²) >= 11 is 9.11. The highest BCUT2D eigenvalue weighted by molar-refractivity contribution is 9.10. The summed E-state index contributed by atoms with van der Waals surface area (Å²) in [4.78, 5) is 7.95. The van der Waals surface area contributed by atoms with E-state index in [0.717, 1.165) is 0 Å². The Morgan fingerprint density at radius 2 is 2.35 bits per heavy atom. The number of hydrogen-bond acceptors (Lipinski definition) is 6. The standard InChI is InChI=1S/C11H14BrClN5OP/c1-20(2,19)4-3-7-5-15-18-9(7)16-10-8(12)6-14-11(13)17-10/h3-4,6-7,15H,5H2,1-2H3,(H,14,16,17,18)/b4-3+/t7-/m0/s1. The van der Waals surface area contributed by atoms with Crippen LogP contribution in [-0.4, -0.2) is 35.7 Å². The van der Waals surface area contributed by atoms with E-state index in [-0.39, 0.29) is 11.2 Å². The molecular formula is C11H14BrClN5OP. The maximum absolute atomic E-state index is 11.7. The van der Waals surface area contributed by atoms with E-state index in [1.165, 1.54) is 0 Å². The summed E-state index contributed by atoms with van der Waals surface area (Å²) in [5.41, 5.74) is 2.91. The molecular weight excluding hydrogens is 364 g/mol. The van der Waals surface area contributed by atoms with Crippen LogP contribution in [0.5, 0.6) is 0 Å². The van der Waals surface area contributed by atoms with E-state index < -0.39 is 7.14 Å². The predicted molar refractivity (Wildman–Crippen MR) is 85.9 cm³/mol. The molecule has 0 bridgehead atoms. The predicted octanol–water partition coefficient (Wildman–Crippen LogP) is 2.97. The molecule has 2 N–H and O–H groups in total. The average Bonchev–Trinajstić information content (AvgIpc) is 2.78. The van der Waals surface area contributed by atoms with E-state index in [2.05, 4.69) is 41.7 Å². The van der Waals surface area contributed by atoms with Crippen molar-refractivity contribution in [2.75, 3.05) is 25.2 Å². The Balaban J connectivity index is 2.14. The second-order valence-corrected chi connectivity index (χ2v) is 9.06. The number of aromatic nitrogens is 2. The van der Waals surface area contributed by atoms with Crippen LogP contribution in [0.1, 0.15) is 0 Å². The normalized spacial score (nSPS) is 19.0. The summed E-state index contributed by atoms with van der Waals surface area (Å²) in [5.74, 6) is 3.00. The molecule has 20 heavy (non-hydrogen) atoms.